The van der Waals surface area contributed by atoms with Crippen molar-refractivity contribution in [2.45, 2.75) is 30.7 Å². The van der Waals surface area contributed by atoms with Gasteiger partial charge in [0, 0.05) is 49.5 Å². The van der Waals surface area contributed by atoms with Crippen LogP contribution in [0.4, 0.5) is 15.3 Å². The number of hydrogen-bond donors (Lipinski definition) is 4. The fourth-order valence-electron chi connectivity index (χ4n) is 4.55. The van der Waals surface area contributed by atoms with Crippen molar-refractivity contribution < 1.29 is 29.0 Å². The number of nitrogens with one attached hydrogen (secondary N) is 3. The maximum absolute atomic E-state index is 12.8. The van der Waals surface area contributed by atoms with Gasteiger partial charge in [-0.15, -0.1) is 11.6 Å². The molecule has 3 aromatic rings. The summed E-state index contributed by atoms with van der Waals surface area (Å²) in [6, 6.07) is 11.7. The van der Waals surface area contributed by atoms with Crippen LogP contribution in [0.15, 0.2) is 48.7 Å². The molecular weight excluding hydrogens is 538 g/mol. The number of nitrogens with zero attached hydrogens (tertiary/aromatic N) is 2. The molecule has 0 spiro atoms. The van der Waals surface area contributed by atoms with E-state index in [1.165, 1.54) is 4.90 Å². The molecule has 2 fully saturated rings. The maximum atomic E-state index is 12.8. The van der Waals surface area contributed by atoms with E-state index in [4.69, 9.17) is 26.2 Å². The summed E-state index contributed by atoms with van der Waals surface area (Å²) in [5, 5.41) is 18.0. The molecule has 1 aliphatic carbocycles. The Labute approximate surface area is 235 Å². The second-order valence-corrected chi connectivity index (χ2v) is 10.4. The van der Waals surface area contributed by atoms with Crippen LogP contribution in [-0.2, 0) is 0 Å². The van der Waals surface area contributed by atoms with Gasteiger partial charge >= 0.3 is 12.1 Å². The number of hydrogen-bond acceptors (Lipinski definition) is 6. The minimum Gasteiger partial charge on any atom is -0.492 e. The summed E-state index contributed by atoms with van der Waals surface area (Å²) < 4.78 is 12.2. The molecule has 2 unspecified atom stereocenters. The molecule has 5 rings (SSSR count). The Morgan fingerprint density at radius 2 is 1.82 bits per heavy atom. The molecule has 2 aliphatic rings. The Kier molecular flexibility index (Phi) is 8.11. The van der Waals surface area contributed by atoms with Crippen LogP contribution >= 0.6 is 11.6 Å². The van der Waals surface area contributed by atoms with E-state index in [1.807, 2.05) is 0 Å². The Balaban J connectivity index is 1.29. The highest BCUT2D eigenvalue weighted by atomic mass is 35.5. The molecule has 40 heavy (non-hydrogen) atoms. The summed E-state index contributed by atoms with van der Waals surface area (Å²) in [4.78, 5) is 41.8. The van der Waals surface area contributed by atoms with Gasteiger partial charge in [-0.2, -0.15) is 0 Å². The summed E-state index contributed by atoms with van der Waals surface area (Å²) in [7, 11) is 1.55. The fraction of sp³-hybridized carbons (Fsp3) is 0.357. The largest absolute Gasteiger partial charge is 0.492 e. The summed E-state index contributed by atoms with van der Waals surface area (Å²) >= 11 is 5.93. The zero-order valence-corrected chi connectivity index (χ0v) is 22.6. The predicted molar refractivity (Wildman–Crippen MR) is 150 cm³/mol. The van der Waals surface area contributed by atoms with Crippen molar-refractivity contribution in [3.05, 3.63) is 54.2 Å². The lowest BCUT2D eigenvalue weighted by molar-refractivity contribution is 0.0950. The third-order valence-corrected chi connectivity index (χ3v) is 7.49. The second kappa shape index (κ2) is 11.9. The Morgan fingerprint density at radius 3 is 2.48 bits per heavy atom. The number of likely N-dealkylation sites (tertiary alicyclic amines) is 1. The topological polar surface area (TPSA) is 142 Å². The minimum absolute atomic E-state index is 0.00637. The number of ether oxygens (including phenoxy) is 2. The molecule has 12 heteroatoms. The zero-order valence-electron chi connectivity index (χ0n) is 21.9. The lowest BCUT2D eigenvalue weighted by Gasteiger charge is -2.30. The average molecular weight is 568 g/mol. The summed E-state index contributed by atoms with van der Waals surface area (Å²) in [5.41, 5.74) is 1.54. The quantitative estimate of drug-likeness (QED) is 0.290. The predicted octanol–water partition coefficient (Wildman–Crippen LogP) is 4.66. The molecule has 2 atom stereocenters. The van der Waals surface area contributed by atoms with Crippen LogP contribution in [0.2, 0.25) is 0 Å². The Bertz CT molecular complexity index is 1410. The van der Waals surface area contributed by atoms with Crippen molar-refractivity contribution in [2.24, 2.45) is 5.92 Å². The fourth-order valence-corrected chi connectivity index (χ4v) is 4.80. The third kappa shape index (κ3) is 6.48. The van der Waals surface area contributed by atoms with E-state index in [0.717, 1.165) is 6.42 Å². The first-order valence-electron chi connectivity index (χ1n) is 13.1. The van der Waals surface area contributed by atoms with Gasteiger partial charge in [-0.05, 0) is 61.6 Å². The van der Waals surface area contributed by atoms with E-state index in [9.17, 15) is 14.4 Å². The lowest BCUT2D eigenvalue weighted by Crippen LogP contribution is -2.38. The first-order valence-corrected chi connectivity index (χ1v) is 13.5. The minimum atomic E-state index is -0.908. The van der Waals surface area contributed by atoms with Crippen LogP contribution in [0.3, 0.4) is 0 Å². The van der Waals surface area contributed by atoms with Gasteiger partial charge in [0.2, 0.25) is 0 Å². The molecule has 4 amide bonds. The van der Waals surface area contributed by atoms with Gasteiger partial charge in [0.1, 0.15) is 17.2 Å². The van der Waals surface area contributed by atoms with Gasteiger partial charge in [0.25, 0.3) is 5.91 Å². The van der Waals surface area contributed by atoms with E-state index in [0.29, 0.717) is 71.9 Å². The zero-order chi connectivity index (χ0) is 28.2. The number of urea groups is 1. The van der Waals surface area contributed by atoms with Gasteiger partial charge in [0.05, 0.1) is 23.1 Å². The molecule has 1 aromatic heterocycles. The van der Waals surface area contributed by atoms with Crippen molar-refractivity contribution in [1.82, 2.24) is 20.5 Å². The van der Waals surface area contributed by atoms with Crippen molar-refractivity contribution >= 4 is 46.2 Å². The van der Waals surface area contributed by atoms with Gasteiger partial charge < -0.3 is 35.4 Å². The molecule has 210 valence electrons. The SMILES string of the molecule is CNC(=O)c1cc2c(Oc3ccc(NC(=O)NC4CC4Cl)cc3)ccnc2cc1OCC1CCN(C(=O)O)CC1. The van der Waals surface area contributed by atoms with E-state index in [-0.39, 0.29) is 29.3 Å². The summed E-state index contributed by atoms with van der Waals surface area (Å²) in [6.45, 7) is 1.29. The van der Waals surface area contributed by atoms with E-state index >= 15 is 0 Å². The molecule has 2 aromatic carbocycles. The third-order valence-electron chi connectivity index (χ3n) is 7.00. The summed E-state index contributed by atoms with van der Waals surface area (Å²) in [5.74, 6) is 1.31. The summed E-state index contributed by atoms with van der Waals surface area (Å²) in [6.07, 6.45) is 2.86. The first-order chi connectivity index (χ1) is 19.3. The lowest BCUT2D eigenvalue weighted by atomic mass is 9.98. The van der Waals surface area contributed by atoms with Gasteiger partial charge in [-0.1, -0.05) is 0 Å². The van der Waals surface area contributed by atoms with Crippen molar-refractivity contribution in [3.63, 3.8) is 0 Å². The normalized spacial score (nSPS) is 18.6. The van der Waals surface area contributed by atoms with E-state index in [2.05, 4.69) is 20.9 Å². The number of pyridine rings is 1. The number of carboxylic acid groups (broad SMARTS) is 1. The Morgan fingerprint density at radius 1 is 1.10 bits per heavy atom. The monoisotopic (exact) mass is 567 g/mol. The van der Waals surface area contributed by atoms with Crippen molar-refractivity contribution in [1.29, 1.82) is 0 Å². The van der Waals surface area contributed by atoms with Gasteiger partial charge in [-0.25, -0.2) is 9.59 Å². The van der Waals surface area contributed by atoms with E-state index < -0.39 is 6.09 Å². The highest BCUT2D eigenvalue weighted by Crippen LogP contribution is 2.34. The van der Waals surface area contributed by atoms with Crippen LogP contribution in [0.25, 0.3) is 10.9 Å². The number of piperidine rings is 1. The molecule has 0 radical (unpaired) electrons. The number of benzene rings is 2. The molecule has 0 bridgehead atoms. The smallest absolute Gasteiger partial charge is 0.407 e. The highest BCUT2D eigenvalue weighted by Gasteiger charge is 2.36. The van der Waals surface area contributed by atoms with Gasteiger partial charge in [0.15, 0.2) is 0 Å². The Hall–Kier alpha value is -4.25. The molecular formula is C28H30ClN5O6. The van der Waals surface area contributed by atoms with Crippen molar-refractivity contribution in [2.75, 3.05) is 32.1 Å². The molecule has 4 N–H and O–H groups in total. The van der Waals surface area contributed by atoms with Crippen LogP contribution < -0.4 is 25.4 Å². The van der Waals surface area contributed by atoms with Crippen LogP contribution in [-0.4, -0.2) is 71.2 Å². The number of carbonyl (C=O) groups is 3. The van der Waals surface area contributed by atoms with Crippen molar-refractivity contribution in [3.8, 4) is 17.2 Å². The molecule has 1 aliphatic heterocycles. The van der Waals surface area contributed by atoms with Crippen LogP contribution in [0.5, 0.6) is 17.2 Å². The molecule has 1 saturated carbocycles. The standard InChI is InChI=1S/C28H30ClN5O6/c1-30-26(35)20-12-19-22(14-25(20)39-15-16-7-10-34(11-8-16)28(37)38)31-9-6-24(19)40-18-4-2-17(3-5-18)32-27(36)33-23-13-21(23)29/h2-6,9,12,14,16,21,23H,7-8,10-11,13,15H2,1H3,(H,30,35)(H,37,38)(H2,32,33,36). The number of aromatic nitrogens is 1. The number of alkyl halides is 1. The maximum Gasteiger partial charge on any atom is 0.407 e. The molecule has 2 heterocycles. The van der Waals surface area contributed by atoms with E-state index in [1.54, 1.807) is 55.7 Å². The number of fused-ring (bicyclic) bond motifs is 1. The number of amides is 4. The average Bonchev–Trinajstić information content (AvgIpc) is 3.65. The number of halogens is 1. The van der Waals surface area contributed by atoms with Gasteiger partial charge in [-0.3, -0.25) is 9.78 Å². The second-order valence-electron chi connectivity index (χ2n) is 9.86. The molecule has 1 saturated heterocycles. The number of anilines is 1. The number of rotatable bonds is 8. The highest BCUT2D eigenvalue weighted by molar-refractivity contribution is 6.23. The first kappa shape index (κ1) is 27.3. The number of carbonyl (C=O) groups excluding carboxylic acids is 2. The van der Waals surface area contributed by atoms with Crippen LogP contribution in [0.1, 0.15) is 29.6 Å². The molecule has 11 nitrogen and oxygen atoms in total. The van der Waals surface area contributed by atoms with Crippen LogP contribution in [0, 0.1) is 5.92 Å².